The van der Waals surface area contributed by atoms with Crippen LogP contribution in [-0.4, -0.2) is 37.5 Å². The van der Waals surface area contributed by atoms with Crippen molar-refractivity contribution in [3.63, 3.8) is 0 Å². The molecule has 1 unspecified atom stereocenters. The number of nitrogens with two attached hydrogens (primary N) is 1. The zero-order chi connectivity index (χ0) is 13.7. The van der Waals surface area contributed by atoms with Crippen molar-refractivity contribution in [2.75, 3.05) is 19.7 Å². The summed E-state index contributed by atoms with van der Waals surface area (Å²) < 4.78 is 11.9. The van der Waals surface area contributed by atoms with Gasteiger partial charge >= 0.3 is 0 Å². The van der Waals surface area contributed by atoms with Crippen molar-refractivity contribution in [2.45, 2.75) is 50.9 Å². The Hall–Kier alpha value is -0.340. The molecule has 1 saturated carbocycles. The van der Waals surface area contributed by atoms with Crippen LogP contribution in [0.15, 0.2) is 17.1 Å². The Bertz CT molecular complexity index is 354. The third kappa shape index (κ3) is 5.21. The molecule has 0 aromatic rings. The fraction of sp³-hybridized carbons (Fsp3) is 0.786. The molecule has 0 aromatic carbocycles. The van der Waals surface area contributed by atoms with Gasteiger partial charge in [0, 0.05) is 19.4 Å². The molecular formula is C14H26IN3O2. The van der Waals surface area contributed by atoms with Gasteiger partial charge in [0.2, 0.25) is 0 Å². The molecule has 2 aliphatic rings. The predicted molar refractivity (Wildman–Crippen MR) is 91.4 cm³/mol. The van der Waals surface area contributed by atoms with Crippen molar-refractivity contribution in [1.82, 2.24) is 5.32 Å². The highest BCUT2D eigenvalue weighted by atomic mass is 127. The Balaban J connectivity index is 0.00000200. The average Bonchev–Trinajstić information content (AvgIpc) is 2.78. The summed E-state index contributed by atoms with van der Waals surface area (Å²) in [4.78, 5) is 4.18. The predicted octanol–water partition coefficient (Wildman–Crippen LogP) is 2.16. The van der Waals surface area contributed by atoms with Crippen molar-refractivity contribution in [1.29, 1.82) is 0 Å². The van der Waals surface area contributed by atoms with Gasteiger partial charge < -0.3 is 20.5 Å². The summed E-state index contributed by atoms with van der Waals surface area (Å²) >= 11 is 0. The first-order chi connectivity index (χ1) is 9.10. The molecule has 20 heavy (non-hydrogen) atoms. The first-order valence-corrected chi connectivity index (χ1v) is 7.10. The zero-order valence-electron chi connectivity index (χ0n) is 12.2. The molecule has 1 heterocycles. The van der Waals surface area contributed by atoms with Crippen molar-refractivity contribution >= 4 is 29.9 Å². The molecule has 1 atom stereocenters. The van der Waals surface area contributed by atoms with Gasteiger partial charge in [-0.1, -0.05) is 18.6 Å². The number of hydrogen-bond donors (Lipinski definition) is 2. The minimum Gasteiger partial charge on any atom is -0.370 e. The van der Waals surface area contributed by atoms with Gasteiger partial charge in [0.05, 0.1) is 13.2 Å². The van der Waals surface area contributed by atoms with Crippen LogP contribution in [0.5, 0.6) is 0 Å². The fourth-order valence-electron chi connectivity index (χ4n) is 2.56. The van der Waals surface area contributed by atoms with E-state index in [1.165, 1.54) is 19.3 Å². The van der Waals surface area contributed by atoms with Gasteiger partial charge in [-0.15, -0.1) is 24.0 Å². The lowest BCUT2D eigenvalue weighted by molar-refractivity contribution is -0.186. The smallest absolute Gasteiger partial charge is 0.188 e. The normalized spacial score (nSPS) is 25.2. The van der Waals surface area contributed by atoms with Crippen LogP contribution >= 0.6 is 24.0 Å². The summed E-state index contributed by atoms with van der Waals surface area (Å²) in [6, 6.07) is 0. The summed E-state index contributed by atoms with van der Waals surface area (Å²) in [5, 5.41) is 3.08. The summed E-state index contributed by atoms with van der Waals surface area (Å²) in [6.07, 6.45) is 5.78. The van der Waals surface area contributed by atoms with Gasteiger partial charge in [0.25, 0.3) is 0 Å². The number of hydrogen-bond acceptors (Lipinski definition) is 3. The number of aliphatic imine (C=N–C) groups is 1. The molecule has 0 amide bonds. The van der Waals surface area contributed by atoms with Crippen molar-refractivity contribution in [3.8, 4) is 0 Å². The summed E-state index contributed by atoms with van der Waals surface area (Å²) in [6.45, 7) is 7.56. The molecule has 2 fully saturated rings. The number of rotatable bonds is 4. The molecule has 0 bridgehead atoms. The average molecular weight is 395 g/mol. The van der Waals surface area contributed by atoms with E-state index in [1.807, 2.05) is 6.92 Å². The standard InChI is InChI=1S/C14H25N3O2.HI/c1-11(2)8-16-13(15)17-9-12-10-18-14(19-12)6-4-3-5-7-14;/h12H,1,3-10H2,2H3,(H3,15,16,17);1H. The van der Waals surface area contributed by atoms with Gasteiger partial charge in [-0.05, 0) is 19.8 Å². The molecule has 0 radical (unpaired) electrons. The second kappa shape index (κ2) is 8.19. The highest BCUT2D eigenvalue weighted by molar-refractivity contribution is 14.0. The van der Waals surface area contributed by atoms with Gasteiger partial charge in [-0.25, -0.2) is 4.99 Å². The highest BCUT2D eigenvalue weighted by Crippen LogP contribution is 2.37. The van der Waals surface area contributed by atoms with Gasteiger partial charge in [0.15, 0.2) is 11.7 Å². The third-order valence-corrected chi connectivity index (χ3v) is 3.56. The first-order valence-electron chi connectivity index (χ1n) is 7.10. The SMILES string of the molecule is C=C(C)CN=C(N)NCC1COC2(CCCCC2)O1.I. The fourth-order valence-corrected chi connectivity index (χ4v) is 2.56. The van der Waals surface area contributed by atoms with E-state index in [0.717, 1.165) is 18.4 Å². The Morgan fingerprint density at radius 2 is 2.10 bits per heavy atom. The van der Waals surface area contributed by atoms with Crippen LogP contribution in [0.25, 0.3) is 0 Å². The topological polar surface area (TPSA) is 68.9 Å². The van der Waals surface area contributed by atoms with Crippen molar-refractivity contribution in [3.05, 3.63) is 12.2 Å². The lowest BCUT2D eigenvalue weighted by Gasteiger charge is -2.31. The van der Waals surface area contributed by atoms with Crippen LogP contribution in [0.3, 0.4) is 0 Å². The van der Waals surface area contributed by atoms with Crippen LogP contribution in [0.1, 0.15) is 39.0 Å². The molecule has 1 aliphatic heterocycles. The van der Waals surface area contributed by atoms with Gasteiger partial charge in [-0.2, -0.15) is 0 Å². The quantitative estimate of drug-likeness (QED) is 0.331. The number of nitrogens with zero attached hydrogens (tertiary/aromatic N) is 1. The maximum Gasteiger partial charge on any atom is 0.188 e. The van der Waals surface area contributed by atoms with Crippen LogP contribution < -0.4 is 11.1 Å². The molecule has 5 nitrogen and oxygen atoms in total. The minimum absolute atomic E-state index is 0. The van der Waals surface area contributed by atoms with E-state index in [9.17, 15) is 0 Å². The molecule has 3 N–H and O–H groups in total. The van der Waals surface area contributed by atoms with Crippen molar-refractivity contribution in [2.24, 2.45) is 10.7 Å². The van der Waals surface area contributed by atoms with E-state index < -0.39 is 0 Å². The molecule has 2 rings (SSSR count). The van der Waals surface area contributed by atoms with Crippen LogP contribution in [-0.2, 0) is 9.47 Å². The lowest BCUT2D eigenvalue weighted by atomic mass is 9.94. The molecule has 0 aromatic heterocycles. The molecule has 6 heteroatoms. The summed E-state index contributed by atoms with van der Waals surface area (Å²) in [5.74, 6) is 0.130. The maximum atomic E-state index is 6.05. The first kappa shape index (κ1) is 17.7. The Morgan fingerprint density at radius 1 is 1.40 bits per heavy atom. The summed E-state index contributed by atoms with van der Waals surface area (Å²) in [7, 11) is 0. The second-order valence-corrected chi connectivity index (χ2v) is 5.56. The third-order valence-electron chi connectivity index (χ3n) is 3.56. The van der Waals surface area contributed by atoms with Crippen LogP contribution in [0.4, 0.5) is 0 Å². The number of nitrogens with one attached hydrogen (secondary N) is 1. The van der Waals surface area contributed by atoms with Gasteiger partial charge in [-0.3, -0.25) is 0 Å². The van der Waals surface area contributed by atoms with Crippen LogP contribution in [0.2, 0.25) is 0 Å². The molecular weight excluding hydrogens is 369 g/mol. The Kier molecular flexibility index (Phi) is 7.25. The van der Waals surface area contributed by atoms with Crippen LogP contribution in [0, 0.1) is 0 Å². The molecule has 116 valence electrons. The Morgan fingerprint density at radius 3 is 2.75 bits per heavy atom. The lowest BCUT2D eigenvalue weighted by Crippen LogP contribution is -2.40. The van der Waals surface area contributed by atoms with Gasteiger partial charge in [0.1, 0.15) is 6.10 Å². The van der Waals surface area contributed by atoms with E-state index in [-0.39, 0.29) is 35.9 Å². The summed E-state index contributed by atoms with van der Waals surface area (Å²) in [5.41, 5.74) is 6.76. The second-order valence-electron chi connectivity index (χ2n) is 5.56. The Labute approximate surface area is 138 Å². The largest absolute Gasteiger partial charge is 0.370 e. The minimum atomic E-state index is -0.311. The monoisotopic (exact) mass is 395 g/mol. The van der Waals surface area contributed by atoms with E-state index >= 15 is 0 Å². The number of guanidine groups is 1. The molecule has 1 spiro atoms. The van der Waals surface area contributed by atoms with Crippen molar-refractivity contribution < 1.29 is 9.47 Å². The molecule has 1 saturated heterocycles. The maximum absolute atomic E-state index is 6.05. The molecule has 1 aliphatic carbocycles. The van der Waals surface area contributed by atoms with E-state index in [2.05, 4.69) is 16.9 Å². The zero-order valence-corrected chi connectivity index (χ0v) is 14.5. The van der Waals surface area contributed by atoms with E-state index in [0.29, 0.717) is 25.7 Å². The number of halogens is 1. The van der Waals surface area contributed by atoms with E-state index in [1.54, 1.807) is 0 Å². The number of ether oxygens (including phenoxy) is 2. The highest BCUT2D eigenvalue weighted by Gasteiger charge is 2.41. The van der Waals surface area contributed by atoms with E-state index in [4.69, 9.17) is 15.2 Å².